The lowest BCUT2D eigenvalue weighted by Gasteiger charge is -2.38. The van der Waals surface area contributed by atoms with Crippen molar-refractivity contribution in [3.05, 3.63) is 58.1 Å². The van der Waals surface area contributed by atoms with Crippen molar-refractivity contribution in [1.29, 1.82) is 10.5 Å². The number of thioether (sulfide) groups is 1. The number of rotatable bonds is 4. The van der Waals surface area contributed by atoms with Crippen LogP contribution in [-0.2, 0) is 4.79 Å². The molecule has 150 valence electrons. The van der Waals surface area contributed by atoms with Gasteiger partial charge in [0, 0.05) is 17.7 Å². The summed E-state index contributed by atoms with van der Waals surface area (Å²) in [6.07, 6.45) is 1.84. The number of carbonyl (C=O) groups excluding carboxylic acids is 1. The van der Waals surface area contributed by atoms with Gasteiger partial charge in [-0.15, -0.1) is 10.2 Å². The summed E-state index contributed by atoms with van der Waals surface area (Å²) in [5.41, 5.74) is 10.2. The Labute approximate surface area is 182 Å². The highest BCUT2D eigenvalue weighted by Gasteiger charge is 2.41. The Balaban J connectivity index is 1.88. The highest BCUT2D eigenvalue weighted by molar-refractivity contribution is 8.01. The monoisotopic (exact) mass is 434 g/mol. The number of benzene rings is 1. The van der Waals surface area contributed by atoms with E-state index < -0.39 is 5.92 Å². The van der Waals surface area contributed by atoms with Crippen LogP contribution in [0.3, 0.4) is 0 Å². The van der Waals surface area contributed by atoms with E-state index in [1.807, 2.05) is 31.2 Å². The van der Waals surface area contributed by atoms with Gasteiger partial charge in [0.2, 0.25) is 5.13 Å². The lowest BCUT2D eigenvalue weighted by molar-refractivity contribution is -0.116. The fourth-order valence-electron chi connectivity index (χ4n) is 3.93. The normalized spacial score (nSPS) is 18.8. The van der Waals surface area contributed by atoms with Gasteiger partial charge in [-0.3, -0.25) is 9.69 Å². The van der Waals surface area contributed by atoms with Crippen molar-refractivity contribution < 1.29 is 4.79 Å². The molecular formula is C21H18N6OS2. The van der Waals surface area contributed by atoms with Gasteiger partial charge in [0.1, 0.15) is 5.82 Å². The predicted molar refractivity (Wildman–Crippen MR) is 115 cm³/mol. The van der Waals surface area contributed by atoms with Gasteiger partial charge < -0.3 is 5.73 Å². The van der Waals surface area contributed by atoms with Crippen LogP contribution in [0.2, 0.25) is 0 Å². The minimum Gasteiger partial charge on any atom is -0.384 e. The third-order valence-electron chi connectivity index (χ3n) is 5.14. The number of anilines is 1. The van der Waals surface area contributed by atoms with Crippen molar-refractivity contribution in [2.75, 3.05) is 10.7 Å². The fourth-order valence-corrected chi connectivity index (χ4v) is 5.48. The number of hydrogen-bond donors (Lipinski definition) is 1. The molecule has 2 aromatic rings. The summed E-state index contributed by atoms with van der Waals surface area (Å²) < 4.78 is 0.642. The molecule has 0 radical (unpaired) electrons. The van der Waals surface area contributed by atoms with E-state index >= 15 is 0 Å². The molecule has 7 nitrogen and oxygen atoms in total. The Morgan fingerprint density at radius 3 is 2.90 bits per heavy atom. The first-order valence-corrected chi connectivity index (χ1v) is 11.2. The molecule has 0 amide bonds. The molecular weight excluding hydrogens is 416 g/mol. The zero-order valence-electron chi connectivity index (χ0n) is 16.3. The molecule has 4 rings (SSSR count). The summed E-state index contributed by atoms with van der Waals surface area (Å²) in [6, 6.07) is 12.2. The summed E-state index contributed by atoms with van der Waals surface area (Å²) in [5.74, 6) is 0.113. The summed E-state index contributed by atoms with van der Waals surface area (Å²) >= 11 is 2.59. The summed E-state index contributed by atoms with van der Waals surface area (Å²) in [7, 11) is 0. The zero-order valence-corrected chi connectivity index (χ0v) is 17.9. The minimum absolute atomic E-state index is 0.0385. The SMILES string of the molecule is Cc1cccc(C2C(C#N)=C(N)N(c3nnc(SCC#N)s3)C3=C2C(=O)CCC3)c1. The number of aromatic nitrogens is 2. The smallest absolute Gasteiger partial charge is 0.219 e. The van der Waals surface area contributed by atoms with E-state index in [1.165, 1.54) is 23.1 Å². The second-order valence-corrected chi connectivity index (χ2v) is 9.21. The van der Waals surface area contributed by atoms with Crippen LogP contribution in [0.5, 0.6) is 0 Å². The molecule has 2 N–H and O–H groups in total. The van der Waals surface area contributed by atoms with Crippen molar-refractivity contribution >= 4 is 34.0 Å². The molecule has 1 aliphatic carbocycles. The lowest BCUT2D eigenvalue weighted by Crippen LogP contribution is -2.38. The number of aryl methyl sites for hydroxylation is 1. The number of allylic oxidation sites excluding steroid dienone is 3. The number of nitriles is 2. The van der Waals surface area contributed by atoms with E-state index in [4.69, 9.17) is 11.0 Å². The topological polar surface area (TPSA) is 120 Å². The van der Waals surface area contributed by atoms with Gasteiger partial charge in [0.15, 0.2) is 10.1 Å². The van der Waals surface area contributed by atoms with Crippen LogP contribution in [0.1, 0.15) is 36.3 Å². The molecule has 0 saturated heterocycles. The standard InChI is InChI=1S/C21H18N6OS2/c1-12-4-2-5-13(10-12)17-14(11-23)19(24)27(15-6-3-7-16(28)18(15)17)20-25-26-21(30-20)29-9-8-22/h2,4-5,10,17H,3,6-7,9,24H2,1H3. The maximum atomic E-state index is 13.1. The fraction of sp³-hybridized carbons (Fsp3) is 0.286. The molecule has 30 heavy (non-hydrogen) atoms. The highest BCUT2D eigenvalue weighted by Crippen LogP contribution is 2.47. The van der Waals surface area contributed by atoms with Crippen molar-refractivity contribution in [2.45, 2.75) is 36.4 Å². The second kappa shape index (κ2) is 8.31. The Kier molecular flexibility index (Phi) is 5.58. The molecule has 2 aliphatic rings. The molecule has 2 heterocycles. The van der Waals surface area contributed by atoms with Gasteiger partial charge in [-0.25, -0.2) is 0 Å². The Morgan fingerprint density at radius 1 is 1.33 bits per heavy atom. The molecule has 0 bridgehead atoms. The summed E-state index contributed by atoms with van der Waals surface area (Å²) in [5, 5.41) is 27.7. The molecule has 9 heteroatoms. The van der Waals surface area contributed by atoms with Crippen LogP contribution in [0.25, 0.3) is 0 Å². The summed E-state index contributed by atoms with van der Waals surface area (Å²) in [6.45, 7) is 1.98. The van der Waals surface area contributed by atoms with Crippen molar-refractivity contribution in [2.24, 2.45) is 5.73 Å². The van der Waals surface area contributed by atoms with Crippen LogP contribution in [0, 0.1) is 29.6 Å². The number of carbonyl (C=O) groups is 1. The minimum atomic E-state index is -0.477. The number of nitrogens with two attached hydrogens (primary N) is 1. The Hall–Kier alpha value is -3.14. The van der Waals surface area contributed by atoms with E-state index in [9.17, 15) is 10.1 Å². The highest BCUT2D eigenvalue weighted by atomic mass is 32.2. The molecule has 0 spiro atoms. The van der Waals surface area contributed by atoms with Gasteiger partial charge in [-0.2, -0.15) is 10.5 Å². The van der Waals surface area contributed by atoms with Crippen LogP contribution in [0.15, 0.2) is 51.3 Å². The molecule has 0 saturated carbocycles. The van der Waals surface area contributed by atoms with Crippen LogP contribution in [-0.4, -0.2) is 21.7 Å². The number of hydrogen-bond acceptors (Lipinski definition) is 9. The van der Waals surface area contributed by atoms with Crippen molar-refractivity contribution in [1.82, 2.24) is 10.2 Å². The quantitative estimate of drug-likeness (QED) is 0.722. The van der Waals surface area contributed by atoms with Crippen LogP contribution < -0.4 is 10.6 Å². The van der Waals surface area contributed by atoms with E-state index in [2.05, 4.69) is 22.3 Å². The first-order valence-electron chi connectivity index (χ1n) is 9.41. The lowest BCUT2D eigenvalue weighted by atomic mass is 9.75. The van der Waals surface area contributed by atoms with Crippen molar-refractivity contribution in [3.8, 4) is 12.1 Å². The molecule has 1 atom stereocenters. The average molecular weight is 435 g/mol. The van der Waals surface area contributed by atoms with E-state index in [1.54, 1.807) is 4.90 Å². The van der Waals surface area contributed by atoms with Gasteiger partial charge in [-0.05, 0) is 25.3 Å². The first-order chi connectivity index (χ1) is 14.5. The van der Waals surface area contributed by atoms with Crippen LogP contribution in [0.4, 0.5) is 5.13 Å². The number of Topliss-reactive ketones (excluding diaryl/α,β-unsaturated/α-hetero) is 1. The molecule has 1 aromatic carbocycles. The molecule has 1 unspecified atom stereocenters. The van der Waals surface area contributed by atoms with E-state index in [0.717, 1.165) is 23.2 Å². The molecule has 1 aliphatic heterocycles. The maximum Gasteiger partial charge on any atom is 0.219 e. The van der Waals surface area contributed by atoms with E-state index in [-0.39, 0.29) is 17.4 Å². The van der Waals surface area contributed by atoms with Gasteiger partial charge in [-0.1, -0.05) is 52.9 Å². The Morgan fingerprint density at radius 2 is 2.17 bits per heavy atom. The van der Waals surface area contributed by atoms with Crippen LogP contribution >= 0.6 is 23.1 Å². The third kappa shape index (κ3) is 3.47. The molecule has 0 fully saturated rings. The molecule has 1 aromatic heterocycles. The van der Waals surface area contributed by atoms with Gasteiger partial charge >= 0.3 is 0 Å². The average Bonchev–Trinajstić information content (AvgIpc) is 3.20. The Bertz CT molecular complexity index is 1170. The van der Waals surface area contributed by atoms with E-state index in [0.29, 0.717) is 33.5 Å². The van der Waals surface area contributed by atoms with Gasteiger partial charge in [0.25, 0.3) is 0 Å². The third-order valence-corrected chi connectivity index (χ3v) is 7.04. The van der Waals surface area contributed by atoms with Crippen molar-refractivity contribution in [3.63, 3.8) is 0 Å². The predicted octanol–water partition coefficient (Wildman–Crippen LogP) is 3.77. The maximum absolute atomic E-state index is 13.1. The largest absolute Gasteiger partial charge is 0.384 e. The number of ketones is 1. The van der Waals surface area contributed by atoms with Gasteiger partial charge in [0.05, 0.1) is 29.4 Å². The first kappa shape index (κ1) is 20.1. The second-order valence-electron chi connectivity index (χ2n) is 7.03. The zero-order chi connectivity index (χ0) is 21.3. The summed E-state index contributed by atoms with van der Waals surface area (Å²) in [4.78, 5) is 14.8. The number of nitrogens with zero attached hydrogens (tertiary/aromatic N) is 5.